The van der Waals surface area contributed by atoms with Gasteiger partial charge in [0.05, 0.1) is 25.3 Å². The molecule has 2 aliphatic rings. The molecule has 0 aromatic heterocycles. The number of imide groups is 1. The summed E-state index contributed by atoms with van der Waals surface area (Å²) in [5.41, 5.74) is 3.92. The number of nitrogens with zero attached hydrogens (tertiary/aromatic N) is 2. The molecule has 0 atom stereocenters. The van der Waals surface area contributed by atoms with Gasteiger partial charge in [-0.25, -0.2) is 0 Å². The van der Waals surface area contributed by atoms with E-state index in [1.807, 2.05) is 61.2 Å². The highest BCUT2D eigenvalue weighted by atomic mass is 16.5. The van der Waals surface area contributed by atoms with Crippen molar-refractivity contribution in [2.75, 3.05) is 39.5 Å². The Morgan fingerprint density at radius 3 is 2.27 bits per heavy atom. The van der Waals surface area contributed by atoms with Gasteiger partial charge in [-0.1, -0.05) is 36.4 Å². The van der Waals surface area contributed by atoms with Gasteiger partial charge in [0.25, 0.3) is 11.8 Å². The van der Waals surface area contributed by atoms with Crippen molar-refractivity contribution in [1.29, 1.82) is 0 Å². The summed E-state index contributed by atoms with van der Waals surface area (Å²) in [6, 6.07) is 15.4. The first-order valence-corrected chi connectivity index (χ1v) is 10.2. The van der Waals surface area contributed by atoms with Crippen LogP contribution in [0.2, 0.25) is 0 Å². The molecule has 0 spiro atoms. The van der Waals surface area contributed by atoms with E-state index in [1.54, 1.807) is 0 Å². The Hall–Kier alpha value is -3.12. The Balaban J connectivity index is 1.54. The van der Waals surface area contributed by atoms with Crippen LogP contribution >= 0.6 is 0 Å². The Labute approximate surface area is 176 Å². The van der Waals surface area contributed by atoms with Crippen molar-refractivity contribution in [3.63, 3.8) is 0 Å². The third-order valence-electron chi connectivity index (χ3n) is 5.31. The van der Waals surface area contributed by atoms with Gasteiger partial charge in [0.15, 0.2) is 0 Å². The van der Waals surface area contributed by atoms with E-state index in [4.69, 9.17) is 9.47 Å². The fourth-order valence-electron chi connectivity index (χ4n) is 3.98. The van der Waals surface area contributed by atoms with Crippen molar-refractivity contribution in [3.05, 3.63) is 70.9 Å². The molecule has 30 heavy (non-hydrogen) atoms. The summed E-state index contributed by atoms with van der Waals surface area (Å²) < 4.78 is 11.3. The molecule has 0 bridgehead atoms. The van der Waals surface area contributed by atoms with Crippen molar-refractivity contribution in [2.24, 2.45) is 0 Å². The van der Waals surface area contributed by atoms with Gasteiger partial charge in [-0.2, -0.15) is 0 Å². The fraction of sp³-hybridized carbons (Fsp3) is 0.333. The standard InChI is InChI=1S/C24H26N2O4/c1-17-14-18(2)16-20(15-17)30-13-10-26-23(27)21(19-6-4-3-5-7-19)22(24(26)28)25-8-11-29-12-9-25/h3-7,14-16H,8-13H2,1-2H3. The minimum atomic E-state index is -0.267. The van der Waals surface area contributed by atoms with Crippen LogP contribution < -0.4 is 4.74 Å². The van der Waals surface area contributed by atoms with E-state index in [1.165, 1.54) is 4.90 Å². The van der Waals surface area contributed by atoms with Crippen molar-refractivity contribution >= 4 is 17.4 Å². The molecular weight excluding hydrogens is 380 g/mol. The summed E-state index contributed by atoms with van der Waals surface area (Å²) in [7, 11) is 0. The fourth-order valence-corrected chi connectivity index (χ4v) is 3.98. The third-order valence-corrected chi connectivity index (χ3v) is 5.31. The topological polar surface area (TPSA) is 59.1 Å². The quantitative estimate of drug-likeness (QED) is 0.691. The summed E-state index contributed by atoms with van der Waals surface area (Å²) in [4.78, 5) is 29.8. The first-order chi connectivity index (χ1) is 14.5. The van der Waals surface area contributed by atoms with Crippen molar-refractivity contribution < 1.29 is 19.1 Å². The smallest absolute Gasteiger partial charge is 0.277 e. The zero-order chi connectivity index (χ0) is 21.1. The van der Waals surface area contributed by atoms with Crippen molar-refractivity contribution in [2.45, 2.75) is 13.8 Å². The largest absolute Gasteiger partial charge is 0.492 e. The second-order valence-corrected chi connectivity index (χ2v) is 7.62. The first kappa shape index (κ1) is 20.2. The predicted molar refractivity (Wildman–Crippen MR) is 114 cm³/mol. The number of carbonyl (C=O) groups is 2. The Kier molecular flexibility index (Phi) is 5.86. The minimum absolute atomic E-state index is 0.203. The lowest BCUT2D eigenvalue weighted by Crippen LogP contribution is -2.41. The number of aryl methyl sites for hydroxylation is 2. The lowest BCUT2D eigenvalue weighted by atomic mass is 10.0. The molecule has 2 heterocycles. The van der Waals surface area contributed by atoms with Crippen LogP contribution in [0.3, 0.4) is 0 Å². The molecule has 0 radical (unpaired) electrons. The van der Waals surface area contributed by atoms with E-state index in [2.05, 4.69) is 6.07 Å². The number of hydrogen-bond donors (Lipinski definition) is 0. The van der Waals surface area contributed by atoms with Crippen LogP contribution in [-0.4, -0.2) is 61.1 Å². The molecule has 0 N–H and O–H groups in total. The number of benzene rings is 2. The van der Waals surface area contributed by atoms with E-state index < -0.39 is 0 Å². The molecule has 156 valence electrons. The third kappa shape index (κ3) is 4.09. The van der Waals surface area contributed by atoms with Gasteiger partial charge in [0, 0.05) is 13.1 Å². The number of rotatable bonds is 6. The van der Waals surface area contributed by atoms with E-state index in [0.29, 0.717) is 37.6 Å². The molecule has 2 amide bonds. The molecule has 6 heteroatoms. The lowest BCUT2D eigenvalue weighted by molar-refractivity contribution is -0.138. The highest BCUT2D eigenvalue weighted by molar-refractivity contribution is 6.35. The maximum absolute atomic E-state index is 13.3. The second kappa shape index (κ2) is 8.71. The number of hydrogen-bond acceptors (Lipinski definition) is 5. The lowest BCUT2D eigenvalue weighted by Gasteiger charge is -2.29. The maximum atomic E-state index is 13.3. The average molecular weight is 406 g/mol. The molecule has 0 unspecified atom stereocenters. The van der Waals surface area contributed by atoms with Gasteiger partial charge in [-0.3, -0.25) is 14.5 Å². The Morgan fingerprint density at radius 1 is 0.933 bits per heavy atom. The maximum Gasteiger partial charge on any atom is 0.277 e. The highest BCUT2D eigenvalue weighted by Crippen LogP contribution is 2.32. The Bertz CT molecular complexity index is 958. The molecule has 0 aliphatic carbocycles. The van der Waals surface area contributed by atoms with Crippen molar-refractivity contribution in [1.82, 2.24) is 9.80 Å². The monoisotopic (exact) mass is 406 g/mol. The normalized spacial score (nSPS) is 17.1. The molecule has 2 aliphatic heterocycles. The molecule has 1 fully saturated rings. The van der Waals surface area contributed by atoms with Gasteiger partial charge in [0.1, 0.15) is 18.1 Å². The van der Waals surface area contributed by atoms with E-state index >= 15 is 0 Å². The van der Waals surface area contributed by atoms with Crippen LogP contribution in [0.5, 0.6) is 5.75 Å². The summed E-state index contributed by atoms with van der Waals surface area (Å²) in [6.45, 7) is 6.75. The number of ether oxygens (including phenoxy) is 2. The molecule has 0 saturated carbocycles. The molecule has 1 saturated heterocycles. The highest BCUT2D eigenvalue weighted by Gasteiger charge is 2.41. The molecule has 6 nitrogen and oxygen atoms in total. The molecular formula is C24H26N2O4. The second-order valence-electron chi connectivity index (χ2n) is 7.62. The molecule has 2 aromatic carbocycles. The summed E-state index contributed by atoms with van der Waals surface area (Å²) in [5, 5.41) is 0. The Morgan fingerprint density at radius 2 is 1.60 bits per heavy atom. The summed E-state index contributed by atoms with van der Waals surface area (Å²) >= 11 is 0. The SMILES string of the molecule is Cc1cc(C)cc(OCCN2C(=O)C(c3ccccc3)=C(N3CCOCC3)C2=O)c1. The first-order valence-electron chi connectivity index (χ1n) is 10.2. The average Bonchev–Trinajstić information content (AvgIpc) is 2.99. The van der Waals surface area contributed by atoms with Gasteiger partial charge in [-0.15, -0.1) is 0 Å². The van der Waals surface area contributed by atoms with E-state index in [-0.39, 0.29) is 25.0 Å². The van der Waals surface area contributed by atoms with Crippen LogP contribution in [0.15, 0.2) is 54.2 Å². The molecule has 2 aromatic rings. The number of morpholine rings is 1. The molecule has 4 rings (SSSR count). The van der Waals surface area contributed by atoms with E-state index in [0.717, 1.165) is 22.4 Å². The number of carbonyl (C=O) groups excluding carboxylic acids is 2. The summed E-state index contributed by atoms with van der Waals surface area (Å²) in [5.74, 6) is 0.220. The zero-order valence-electron chi connectivity index (χ0n) is 17.4. The van der Waals surface area contributed by atoms with Crippen LogP contribution in [0.1, 0.15) is 16.7 Å². The van der Waals surface area contributed by atoms with Crippen LogP contribution in [0.25, 0.3) is 5.57 Å². The van der Waals surface area contributed by atoms with Gasteiger partial charge in [0.2, 0.25) is 0 Å². The zero-order valence-corrected chi connectivity index (χ0v) is 17.4. The van der Waals surface area contributed by atoms with Gasteiger partial charge >= 0.3 is 0 Å². The van der Waals surface area contributed by atoms with Gasteiger partial charge in [-0.05, 0) is 42.7 Å². The van der Waals surface area contributed by atoms with Crippen molar-refractivity contribution in [3.8, 4) is 5.75 Å². The van der Waals surface area contributed by atoms with Crippen LogP contribution in [0, 0.1) is 13.8 Å². The summed E-state index contributed by atoms with van der Waals surface area (Å²) in [6.07, 6.45) is 0. The predicted octanol–water partition coefficient (Wildman–Crippen LogP) is 2.79. The van der Waals surface area contributed by atoms with Crippen LogP contribution in [0.4, 0.5) is 0 Å². The van der Waals surface area contributed by atoms with E-state index in [9.17, 15) is 9.59 Å². The van der Waals surface area contributed by atoms with Gasteiger partial charge < -0.3 is 14.4 Å². The number of amides is 2. The van der Waals surface area contributed by atoms with Crippen LogP contribution in [-0.2, 0) is 14.3 Å². The minimum Gasteiger partial charge on any atom is -0.492 e.